The van der Waals surface area contributed by atoms with Crippen molar-refractivity contribution in [3.63, 3.8) is 0 Å². The number of fused-ring (bicyclic) bond motifs is 1. The first-order chi connectivity index (χ1) is 16.2. The van der Waals surface area contributed by atoms with E-state index in [1.807, 2.05) is 6.07 Å². The number of aromatic nitrogens is 7. The van der Waals surface area contributed by atoms with Crippen LogP contribution in [0.3, 0.4) is 0 Å². The fourth-order valence-electron chi connectivity index (χ4n) is 3.63. The van der Waals surface area contributed by atoms with Crippen LogP contribution in [-0.4, -0.2) is 79.7 Å². The van der Waals surface area contributed by atoms with Crippen LogP contribution in [0.15, 0.2) is 53.8 Å². The van der Waals surface area contributed by atoms with Crippen molar-refractivity contribution in [3.05, 3.63) is 59.4 Å². The molecule has 33 heavy (non-hydrogen) atoms. The van der Waals surface area contributed by atoms with Crippen LogP contribution in [0.4, 0.5) is 5.95 Å². The van der Waals surface area contributed by atoms with Gasteiger partial charge in [-0.3, -0.25) is 4.79 Å². The Morgan fingerprint density at radius 2 is 1.73 bits per heavy atom. The number of hydrogen-bond acceptors (Lipinski definition) is 10. The van der Waals surface area contributed by atoms with Gasteiger partial charge in [0.15, 0.2) is 0 Å². The molecule has 0 aliphatic carbocycles. The second-order valence-electron chi connectivity index (χ2n) is 7.79. The quantitative estimate of drug-likeness (QED) is 0.423. The predicted octanol–water partition coefficient (Wildman–Crippen LogP) is 0.869. The van der Waals surface area contributed by atoms with Gasteiger partial charge in [0.05, 0.1) is 11.9 Å². The molecule has 11 heteroatoms. The third kappa shape index (κ3) is 4.62. The van der Waals surface area contributed by atoms with Crippen LogP contribution < -0.4 is 15.2 Å². The van der Waals surface area contributed by atoms with Crippen molar-refractivity contribution >= 4 is 16.9 Å². The highest BCUT2D eigenvalue weighted by atomic mass is 16.5. The molecular weight excluding hydrogens is 422 g/mol. The zero-order valence-electron chi connectivity index (χ0n) is 18.2. The molecule has 0 saturated carbocycles. The van der Waals surface area contributed by atoms with Crippen LogP contribution in [0.25, 0.3) is 22.0 Å². The number of anilines is 1. The van der Waals surface area contributed by atoms with E-state index in [-0.39, 0.29) is 24.7 Å². The largest absolute Gasteiger partial charge is 0.461 e. The van der Waals surface area contributed by atoms with Crippen LogP contribution in [0, 0.1) is 0 Å². The van der Waals surface area contributed by atoms with Crippen molar-refractivity contribution in [2.45, 2.75) is 6.54 Å². The average Bonchev–Trinajstić information content (AvgIpc) is 2.87. The van der Waals surface area contributed by atoms with Gasteiger partial charge in [-0.25, -0.2) is 24.6 Å². The highest BCUT2D eigenvalue weighted by molar-refractivity contribution is 5.83. The zero-order chi connectivity index (χ0) is 22.6. The number of ether oxygens (including phenoxy) is 1. The number of benzene rings is 1. The van der Waals surface area contributed by atoms with E-state index in [0.29, 0.717) is 10.9 Å². The SMILES string of the molecule is CN1CCN(c2ncc(-c3ccc4nnn(CCOc5ncccn5)c(=O)c4c3)cn2)CC1. The molecular formula is C22H23N9O2. The lowest BCUT2D eigenvalue weighted by Crippen LogP contribution is -2.45. The minimum absolute atomic E-state index is 0.200. The van der Waals surface area contributed by atoms with Crippen LogP contribution in [-0.2, 0) is 6.54 Å². The maximum Gasteiger partial charge on any atom is 0.316 e. The van der Waals surface area contributed by atoms with Gasteiger partial charge in [-0.1, -0.05) is 11.3 Å². The molecule has 0 spiro atoms. The normalized spacial score (nSPS) is 14.5. The molecule has 1 aliphatic rings. The smallest absolute Gasteiger partial charge is 0.316 e. The number of rotatable bonds is 6. The molecule has 4 aromatic rings. The van der Waals surface area contributed by atoms with Gasteiger partial charge in [-0.05, 0) is 30.8 Å². The predicted molar refractivity (Wildman–Crippen MR) is 122 cm³/mol. The van der Waals surface area contributed by atoms with Crippen LogP contribution in [0.2, 0.25) is 0 Å². The molecule has 5 rings (SSSR count). The van der Waals surface area contributed by atoms with Crippen molar-refractivity contribution in [2.75, 3.05) is 44.7 Å². The summed E-state index contributed by atoms with van der Waals surface area (Å²) < 4.78 is 6.74. The van der Waals surface area contributed by atoms with E-state index in [0.717, 1.165) is 43.3 Å². The topological polar surface area (TPSA) is 115 Å². The highest BCUT2D eigenvalue weighted by Gasteiger charge is 2.16. The second-order valence-corrected chi connectivity index (χ2v) is 7.79. The van der Waals surface area contributed by atoms with Gasteiger partial charge in [0.1, 0.15) is 12.1 Å². The van der Waals surface area contributed by atoms with Gasteiger partial charge in [-0.2, -0.15) is 0 Å². The first-order valence-electron chi connectivity index (χ1n) is 10.7. The van der Waals surface area contributed by atoms with Gasteiger partial charge in [0, 0.05) is 56.5 Å². The van der Waals surface area contributed by atoms with Gasteiger partial charge < -0.3 is 14.5 Å². The van der Waals surface area contributed by atoms with Crippen molar-refractivity contribution in [1.82, 2.24) is 39.8 Å². The molecule has 0 radical (unpaired) electrons. The molecule has 0 bridgehead atoms. The van der Waals surface area contributed by atoms with E-state index in [1.54, 1.807) is 43.0 Å². The Morgan fingerprint density at radius 1 is 0.970 bits per heavy atom. The van der Waals surface area contributed by atoms with E-state index in [1.165, 1.54) is 4.68 Å². The summed E-state index contributed by atoms with van der Waals surface area (Å²) in [6.45, 7) is 4.23. The maximum atomic E-state index is 13.0. The van der Waals surface area contributed by atoms with E-state index < -0.39 is 0 Å². The number of nitrogens with zero attached hydrogens (tertiary/aromatic N) is 9. The molecule has 1 aromatic carbocycles. The Bertz CT molecular complexity index is 1290. The third-order valence-electron chi connectivity index (χ3n) is 5.56. The second kappa shape index (κ2) is 9.25. The molecule has 0 unspecified atom stereocenters. The van der Waals surface area contributed by atoms with Crippen molar-refractivity contribution < 1.29 is 4.74 Å². The number of piperazine rings is 1. The summed E-state index contributed by atoms with van der Waals surface area (Å²) in [4.78, 5) is 34.5. The minimum Gasteiger partial charge on any atom is -0.461 e. The Labute approximate surface area is 189 Å². The molecule has 1 aliphatic heterocycles. The molecule has 4 heterocycles. The van der Waals surface area contributed by atoms with E-state index in [4.69, 9.17) is 4.74 Å². The summed E-state index contributed by atoms with van der Waals surface area (Å²) in [6, 6.07) is 7.44. The Balaban J connectivity index is 1.34. The van der Waals surface area contributed by atoms with Crippen molar-refractivity contribution in [2.24, 2.45) is 0 Å². The summed E-state index contributed by atoms with van der Waals surface area (Å²) in [6.07, 6.45) is 6.77. The monoisotopic (exact) mass is 445 g/mol. The molecule has 1 fully saturated rings. The first kappa shape index (κ1) is 20.9. The van der Waals surface area contributed by atoms with Gasteiger partial charge in [0.25, 0.3) is 5.56 Å². The summed E-state index contributed by atoms with van der Waals surface area (Å²) in [5, 5.41) is 8.65. The van der Waals surface area contributed by atoms with Crippen LogP contribution >= 0.6 is 0 Å². The fourth-order valence-corrected chi connectivity index (χ4v) is 3.63. The third-order valence-corrected chi connectivity index (χ3v) is 5.56. The van der Waals surface area contributed by atoms with E-state index >= 15 is 0 Å². The molecule has 0 amide bonds. The summed E-state index contributed by atoms with van der Waals surface area (Å²) in [7, 11) is 2.12. The Hall–Kier alpha value is -3.99. The number of likely N-dealkylation sites (N-methyl/N-ethyl adjacent to an activating group) is 1. The highest BCUT2D eigenvalue weighted by Crippen LogP contribution is 2.22. The van der Waals surface area contributed by atoms with Gasteiger partial charge in [0.2, 0.25) is 5.95 Å². The van der Waals surface area contributed by atoms with E-state index in [9.17, 15) is 4.79 Å². The standard InChI is InChI=1S/C22H23N9O2/c1-29-7-9-30(10-8-29)21-25-14-17(15-26-21)16-3-4-19-18(13-16)20(32)31(28-27-19)11-12-33-22-23-5-2-6-24-22/h2-6,13-15H,7-12H2,1H3. The lowest BCUT2D eigenvalue weighted by molar-refractivity contribution is 0.265. The zero-order valence-corrected chi connectivity index (χ0v) is 18.2. The molecule has 0 atom stereocenters. The summed E-state index contributed by atoms with van der Waals surface area (Å²) in [5.74, 6) is 0.725. The maximum absolute atomic E-state index is 13.0. The Kier molecular flexibility index (Phi) is 5.85. The lowest BCUT2D eigenvalue weighted by atomic mass is 10.1. The van der Waals surface area contributed by atoms with Crippen LogP contribution in [0.1, 0.15) is 0 Å². The first-order valence-corrected chi connectivity index (χ1v) is 10.7. The summed E-state index contributed by atoms with van der Waals surface area (Å²) in [5.41, 5.74) is 1.97. The molecule has 11 nitrogen and oxygen atoms in total. The number of hydrogen-bond donors (Lipinski definition) is 0. The molecule has 168 valence electrons. The van der Waals surface area contributed by atoms with Crippen LogP contribution in [0.5, 0.6) is 6.01 Å². The molecule has 0 N–H and O–H groups in total. The minimum atomic E-state index is -0.241. The molecule has 1 saturated heterocycles. The van der Waals surface area contributed by atoms with E-state index in [2.05, 4.69) is 47.1 Å². The molecule has 3 aromatic heterocycles. The Morgan fingerprint density at radius 3 is 2.48 bits per heavy atom. The average molecular weight is 445 g/mol. The van der Waals surface area contributed by atoms with Crippen molar-refractivity contribution in [1.29, 1.82) is 0 Å². The van der Waals surface area contributed by atoms with Gasteiger partial charge in [-0.15, -0.1) is 5.10 Å². The fraction of sp³-hybridized carbons (Fsp3) is 0.318. The lowest BCUT2D eigenvalue weighted by Gasteiger charge is -2.32. The summed E-state index contributed by atoms with van der Waals surface area (Å²) >= 11 is 0. The van der Waals surface area contributed by atoms with Crippen molar-refractivity contribution in [3.8, 4) is 17.1 Å². The van der Waals surface area contributed by atoms with Gasteiger partial charge >= 0.3 is 6.01 Å².